The van der Waals surface area contributed by atoms with Gasteiger partial charge in [0.2, 0.25) is 0 Å². The van der Waals surface area contributed by atoms with Gasteiger partial charge in [-0.1, -0.05) is 6.92 Å². The van der Waals surface area contributed by atoms with Gasteiger partial charge in [-0.25, -0.2) is 4.39 Å². The van der Waals surface area contributed by atoms with Crippen LogP contribution in [0.4, 0.5) is 15.8 Å². The van der Waals surface area contributed by atoms with Crippen LogP contribution in [0.3, 0.4) is 0 Å². The van der Waals surface area contributed by atoms with E-state index in [2.05, 4.69) is 12.2 Å². The predicted octanol–water partition coefficient (Wildman–Crippen LogP) is 3.33. The van der Waals surface area contributed by atoms with Crippen LogP contribution in [0.2, 0.25) is 0 Å². The third-order valence-electron chi connectivity index (χ3n) is 3.16. The molecule has 0 amide bonds. The second-order valence-corrected chi connectivity index (χ2v) is 4.71. The summed E-state index contributed by atoms with van der Waals surface area (Å²) in [5, 5.41) is 13.8. The van der Waals surface area contributed by atoms with Crippen molar-refractivity contribution in [3.8, 4) is 0 Å². The van der Waals surface area contributed by atoms with Crippen molar-refractivity contribution in [1.82, 2.24) is 0 Å². The molecule has 2 unspecified atom stereocenters. The van der Waals surface area contributed by atoms with Gasteiger partial charge < -0.3 is 5.32 Å². The zero-order valence-corrected chi connectivity index (χ0v) is 9.65. The molecule has 0 saturated heterocycles. The Bertz CT molecular complexity index is 437. The molecular weight excluding hydrogens is 223 g/mol. The zero-order valence-electron chi connectivity index (χ0n) is 9.65. The average molecular weight is 238 g/mol. The van der Waals surface area contributed by atoms with E-state index in [1.807, 2.05) is 0 Å². The molecule has 1 aliphatic rings. The Hall–Kier alpha value is -1.65. The van der Waals surface area contributed by atoms with Gasteiger partial charge in [0.25, 0.3) is 5.69 Å². The molecule has 0 radical (unpaired) electrons. The van der Waals surface area contributed by atoms with Gasteiger partial charge in [0.15, 0.2) is 0 Å². The monoisotopic (exact) mass is 238 g/mol. The Labute approximate surface area is 99.0 Å². The Morgan fingerprint density at radius 3 is 2.76 bits per heavy atom. The fraction of sp³-hybridized carbons (Fsp3) is 0.500. The van der Waals surface area contributed by atoms with E-state index >= 15 is 0 Å². The molecule has 1 saturated carbocycles. The second kappa shape index (κ2) is 4.69. The Morgan fingerprint density at radius 2 is 2.18 bits per heavy atom. The zero-order chi connectivity index (χ0) is 12.4. The minimum atomic E-state index is -0.578. The molecule has 0 bridgehead atoms. The van der Waals surface area contributed by atoms with Crippen molar-refractivity contribution in [2.75, 3.05) is 5.32 Å². The molecular formula is C12H15FN2O2. The van der Waals surface area contributed by atoms with E-state index in [0.717, 1.165) is 25.3 Å². The van der Waals surface area contributed by atoms with Crippen molar-refractivity contribution in [3.63, 3.8) is 0 Å². The topological polar surface area (TPSA) is 55.2 Å². The first kappa shape index (κ1) is 11.8. The highest BCUT2D eigenvalue weighted by molar-refractivity contribution is 5.52. The Kier molecular flexibility index (Phi) is 3.26. The van der Waals surface area contributed by atoms with Crippen molar-refractivity contribution in [2.24, 2.45) is 5.92 Å². The molecule has 1 aromatic carbocycles. The molecule has 0 aliphatic heterocycles. The van der Waals surface area contributed by atoms with Crippen LogP contribution in [0, 0.1) is 21.8 Å². The van der Waals surface area contributed by atoms with Gasteiger partial charge in [-0.3, -0.25) is 10.1 Å². The number of hydrogen-bond donors (Lipinski definition) is 1. The molecule has 17 heavy (non-hydrogen) atoms. The summed E-state index contributed by atoms with van der Waals surface area (Å²) in [6.45, 7) is 2.18. The number of rotatable bonds is 3. The summed E-state index contributed by atoms with van der Waals surface area (Å²) < 4.78 is 13.2. The van der Waals surface area contributed by atoms with Gasteiger partial charge in [-0.2, -0.15) is 0 Å². The predicted molar refractivity (Wildman–Crippen MR) is 63.5 cm³/mol. The van der Waals surface area contributed by atoms with E-state index in [4.69, 9.17) is 0 Å². The van der Waals surface area contributed by atoms with E-state index in [-0.39, 0.29) is 5.69 Å². The third kappa shape index (κ3) is 2.93. The van der Waals surface area contributed by atoms with Gasteiger partial charge in [0.05, 0.1) is 11.0 Å². The maximum Gasteiger partial charge on any atom is 0.274 e. The molecule has 1 aromatic rings. The van der Waals surface area contributed by atoms with E-state index in [1.54, 1.807) is 0 Å². The minimum Gasteiger partial charge on any atom is -0.382 e. The molecule has 2 atom stereocenters. The highest BCUT2D eigenvalue weighted by atomic mass is 19.1. The number of benzene rings is 1. The standard InChI is InChI=1S/C12H15FN2O2/c1-8-2-3-10(4-8)14-11-5-9(13)6-12(7-11)15(16)17/h5-8,10,14H,2-4H2,1H3. The maximum absolute atomic E-state index is 13.2. The first-order chi connectivity index (χ1) is 8.04. The fourth-order valence-corrected chi connectivity index (χ4v) is 2.34. The summed E-state index contributed by atoms with van der Waals surface area (Å²) in [4.78, 5) is 10.0. The Balaban J connectivity index is 2.12. The van der Waals surface area contributed by atoms with E-state index in [1.165, 1.54) is 12.1 Å². The van der Waals surface area contributed by atoms with Gasteiger partial charge in [-0.15, -0.1) is 0 Å². The van der Waals surface area contributed by atoms with Crippen LogP contribution < -0.4 is 5.32 Å². The van der Waals surface area contributed by atoms with Crippen LogP contribution in [0.15, 0.2) is 18.2 Å². The SMILES string of the molecule is CC1CCC(Nc2cc(F)cc([N+](=O)[O-])c2)C1. The molecule has 1 N–H and O–H groups in total. The second-order valence-electron chi connectivity index (χ2n) is 4.71. The van der Waals surface area contributed by atoms with Crippen molar-refractivity contribution in [1.29, 1.82) is 0 Å². The van der Waals surface area contributed by atoms with Crippen molar-refractivity contribution in [2.45, 2.75) is 32.2 Å². The molecule has 1 aliphatic carbocycles. The third-order valence-corrected chi connectivity index (χ3v) is 3.16. The van der Waals surface area contributed by atoms with Crippen LogP contribution in [-0.2, 0) is 0 Å². The number of non-ortho nitro benzene ring substituents is 1. The lowest BCUT2D eigenvalue weighted by Crippen LogP contribution is -2.15. The van der Waals surface area contributed by atoms with Gasteiger partial charge in [-0.05, 0) is 31.2 Å². The van der Waals surface area contributed by atoms with Gasteiger partial charge in [0, 0.05) is 17.8 Å². The molecule has 2 rings (SSSR count). The van der Waals surface area contributed by atoms with E-state index < -0.39 is 10.7 Å². The molecule has 0 aromatic heterocycles. The van der Waals surface area contributed by atoms with Gasteiger partial charge >= 0.3 is 0 Å². The smallest absolute Gasteiger partial charge is 0.274 e. The van der Waals surface area contributed by atoms with Crippen LogP contribution in [0.25, 0.3) is 0 Å². The fourth-order valence-electron chi connectivity index (χ4n) is 2.34. The summed E-state index contributed by atoms with van der Waals surface area (Å²) in [6, 6.07) is 3.91. The Morgan fingerprint density at radius 1 is 1.41 bits per heavy atom. The summed E-state index contributed by atoms with van der Waals surface area (Å²) in [6.07, 6.45) is 3.21. The number of nitro groups is 1. The first-order valence-corrected chi connectivity index (χ1v) is 5.76. The lowest BCUT2D eigenvalue weighted by Gasteiger charge is -2.13. The summed E-state index contributed by atoms with van der Waals surface area (Å²) in [7, 11) is 0. The van der Waals surface area contributed by atoms with Crippen LogP contribution >= 0.6 is 0 Å². The van der Waals surface area contributed by atoms with Crippen LogP contribution in [0.1, 0.15) is 26.2 Å². The molecule has 4 nitrogen and oxygen atoms in total. The quantitative estimate of drug-likeness (QED) is 0.649. The molecule has 1 fully saturated rings. The lowest BCUT2D eigenvalue weighted by molar-refractivity contribution is -0.385. The number of nitrogens with zero attached hydrogens (tertiary/aromatic N) is 1. The highest BCUT2D eigenvalue weighted by Gasteiger charge is 2.21. The summed E-state index contributed by atoms with van der Waals surface area (Å²) >= 11 is 0. The number of anilines is 1. The highest BCUT2D eigenvalue weighted by Crippen LogP contribution is 2.29. The van der Waals surface area contributed by atoms with Crippen molar-refractivity contribution in [3.05, 3.63) is 34.1 Å². The number of nitrogens with one attached hydrogen (secondary N) is 1. The average Bonchev–Trinajstić information content (AvgIpc) is 2.63. The maximum atomic E-state index is 13.2. The molecule has 92 valence electrons. The number of hydrogen-bond acceptors (Lipinski definition) is 3. The first-order valence-electron chi connectivity index (χ1n) is 5.76. The summed E-state index contributed by atoms with van der Waals surface area (Å²) in [5.41, 5.74) is 0.286. The van der Waals surface area contributed by atoms with E-state index in [0.29, 0.717) is 17.6 Å². The normalized spacial score (nSPS) is 23.6. The van der Waals surface area contributed by atoms with Crippen molar-refractivity contribution < 1.29 is 9.31 Å². The van der Waals surface area contributed by atoms with Crippen LogP contribution in [-0.4, -0.2) is 11.0 Å². The number of nitro benzene ring substituents is 1. The van der Waals surface area contributed by atoms with Crippen LogP contribution in [0.5, 0.6) is 0 Å². The summed E-state index contributed by atoms with van der Waals surface area (Å²) in [5.74, 6) is 0.0868. The number of halogens is 1. The molecule has 5 heteroatoms. The molecule has 0 spiro atoms. The lowest BCUT2D eigenvalue weighted by atomic mass is 10.1. The minimum absolute atomic E-state index is 0.210. The molecule has 0 heterocycles. The largest absolute Gasteiger partial charge is 0.382 e. The van der Waals surface area contributed by atoms with Crippen molar-refractivity contribution >= 4 is 11.4 Å². The van der Waals surface area contributed by atoms with Gasteiger partial charge in [0.1, 0.15) is 5.82 Å². The van der Waals surface area contributed by atoms with E-state index in [9.17, 15) is 14.5 Å².